The molecule has 2 heteroatoms. The third-order valence-corrected chi connectivity index (χ3v) is 4.38. The number of aliphatic hydroxyl groups is 1. The van der Waals surface area contributed by atoms with E-state index in [9.17, 15) is 5.11 Å². The summed E-state index contributed by atoms with van der Waals surface area (Å²) >= 11 is 2.32. The maximum atomic E-state index is 10.1. The lowest BCUT2D eigenvalue weighted by Gasteiger charge is -2.17. The van der Waals surface area contributed by atoms with Crippen molar-refractivity contribution in [2.24, 2.45) is 5.92 Å². The van der Waals surface area contributed by atoms with Gasteiger partial charge >= 0.3 is 0 Å². The largest absolute Gasteiger partial charge is 0.388 e. The van der Waals surface area contributed by atoms with E-state index in [2.05, 4.69) is 49.4 Å². The van der Waals surface area contributed by atoms with Crippen LogP contribution in [-0.4, -0.2) is 5.11 Å². The molecule has 1 aromatic rings. The van der Waals surface area contributed by atoms with Crippen molar-refractivity contribution in [2.75, 3.05) is 0 Å². The quantitative estimate of drug-likeness (QED) is 0.830. The van der Waals surface area contributed by atoms with Gasteiger partial charge in [-0.15, -0.1) is 0 Å². The molecule has 0 radical (unpaired) electrons. The average Bonchev–Trinajstić information content (AvgIpc) is 2.21. The zero-order valence-corrected chi connectivity index (χ0v) is 11.8. The van der Waals surface area contributed by atoms with Crippen molar-refractivity contribution in [3.63, 3.8) is 0 Å². The second kappa shape index (κ2) is 5.85. The van der Waals surface area contributed by atoms with Crippen molar-refractivity contribution in [1.82, 2.24) is 0 Å². The first-order valence-corrected chi connectivity index (χ1v) is 6.57. The molecule has 0 aliphatic heterocycles. The Morgan fingerprint density at radius 2 is 2.07 bits per heavy atom. The SMILES string of the molecule is CCC(C)CC(O)c1cccc(C)c1I. The van der Waals surface area contributed by atoms with Crippen LogP contribution in [-0.2, 0) is 0 Å². The summed E-state index contributed by atoms with van der Waals surface area (Å²) in [4.78, 5) is 0. The Balaban J connectivity index is 2.82. The number of aliphatic hydroxyl groups excluding tert-OH is 1. The van der Waals surface area contributed by atoms with E-state index in [1.807, 2.05) is 12.1 Å². The standard InChI is InChI=1S/C13H19IO/c1-4-9(2)8-12(15)11-7-5-6-10(3)13(11)14/h5-7,9,12,15H,4,8H2,1-3H3. The smallest absolute Gasteiger partial charge is 0.0802 e. The van der Waals surface area contributed by atoms with E-state index in [4.69, 9.17) is 0 Å². The van der Waals surface area contributed by atoms with Gasteiger partial charge in [0, 0.05) is 3.57 Å². The third-order valence-electron chi connectivity index (χ3n) is 2.90. The van der Waals surface area contributed by atoms with Gasteiger partial charge in [0.2, 0.25) is 0 Å². The van der Waals surface area contributed by atoms with Crippen LogP contribution in [0.2, 0.25) is 0 Å². The molecule has 1 aromatic carbocycles. The first-order chi connectivity index (χ1) is 7.06. The number of aryl methyl sites for hydroxylation is 1. The molecule has 0 aromatic heterocycles. The molecule has 1 rings (SSSR count). The lowest BCUT2D eigenvalue weighted by molar-refractivity contribution is 0.145. The summed E-state index contributed by atoms with van der Waals surface area (Å²) in [6, 6.07) is 6.13. The van der Waals surface area contributed by atoms with Crippen LogP contribution in [0, 0.1) is 16.4 Å². The summed E-state index contributed by atoms with van der Waals surface area (Å²) in [5.41, 5.74) is 2.33. The topological polar surface area (TPSA) is 20.2 Å². The van der Waals surface area contributed by atoms with Gasteiger partial charge in [-0.1, -0.05) is 38.5 Å². The average molecular weight is 318 g/mol. The van der Waals surface area contributed by atoms with Crippen LogP contribution in [0.3, 0.4) is 0 Å². The van der Waals surface area contributed by atoms with Crippen molar-refractivity contribution >= 4 is 22.6 Å². The molecule has 0 saturated carbocycles. The summed E-state index contributed by atoms with van der Waals surface area (Å²) in [6.07, 6.45) is 1.67. The molecule has 0 spiro atoms. The lowest BCUT2D eigenvalue weighted by Crippen LogP contribution is -2.06. The molecule has 2 unspecified atom stereocenters. The molecule has 15 heavy (non-hydrogen) atoms. The highest BCUT2D eigenvalue weighted by Gasteiger charge is 2.14. The molecular weight excluding hydrogens is 299 g/mol. The van der Waals surface area contributed by atoms with Gasteiger partial charge in [0.05, 0.1) is 6.10 Å². The van der Waals surface area contributed by atoms with E-state index in [0.29, 0.717) is 5.92 Å². The Kier molecular flexibility index (Phi) is 5.06. The second-order valence-electron chi connectivity index (χ2n) is 4.24. The predicted octanol–water partition coefficient (Wildman–Crippen LogP) is 4.07. The van der Waals surface area contributed by atoms with E-state index < -0.39 is 0 Å². The zero-order valence-electron chi connectivity index (χ0n) is 9.63. The Labute approximate surface area is 106 Å². The Morgan fingerprint density at radius 3 is 2.67 bits per heavy atom. The lowest BCUT2D eigenvalue weighted by atomic mass is 9.96. The normalized spacial score (nSPS) is 15.0. The molecule has 0 bridgehead atoms. The second-order valence-corrected chi connectivity index (χ2v) is 5.32. The summed E-state index contributed by atoms with van der Waals surface area (Å²) in [5.74, 6) is 0.580. The third kappa shape index (κ3) is 3.45. The van der Waals surface area contributed by atoms with Crippen LogP contribution >= 0.6 is 22.6 Å². The van der Waals surface area contributed by atoms with Crippen LogP contribution in [0.25, 0.3) is 0 Å². The fourth-order valence-corrected chi connectivity index (χ4v) is 2.32. The highest BCUT2D eigenvalue weighted by molar-refractivity contribution is 14.1. The maximum absolute atomic E-state index is 10.1. The monoisotopic (exact) mass is 318 g/mol. The summed E-state index contributed by atoms with van der Waals surface area (Å²) in [5, 5.41) is 10.1. The molecule has 0 amide bonds. The van der Waals surface area contributed by atoms with E-state index in [1.54, 1.807) is 0 Å². The van der Waals surface area contributed by atoms with Crippen LogP contribution in [0.4, 0.5) is 0 Å². The molecule has 0 saturated heterocycles. The van der Waals surface area contributed by atoms with Gasteiger partial charge in [0.15, 0.2) is 0 Å². The van der Waals surface area contributed by atoms with Crippen molar-refractivity contribution in [3.05, 3.63) is 32.9 Å². The molecule has 2 atom stereocenters. The summed E-state index contributed by atoms with van der Waals surface area (Å²) in [7, 11) is 0. The number of halogens is 1. The van der Waals surface area contributed by atoms with E-state index in [-0.39, 0.29) is 6.10 Å². The fraction of sp³-hybridized carbons (Fsp3) is 0.538. The van der Waals surface area contributed by atoms with E-state index in [0.717, 1.165) is 18.4 Å². The Hall–Kier alpha value is -0.0900. The van der Waals surface area contributed by atoms with E-state index in [1.165, 1.54) is 9.13 Å². The minimum absolute atomic E-state index is 0.313. The van der Waals surface area contributed by atoms with Gasteiger partial charge in [-0.05, 0) is 53.0 Å². The van der Waals surface area contributed by atoms with Crippen LogP contribution in [0.15, 0.2) is 18.2 Å². The van der Waals surface area contributed by atoms with Gasteiger partial charge in [-0.2, -0.15) is 0 Å². The van der Waals surface area contributed by atoms with Gasteiger partial charge in [-0.25, -0.2) is 0 Å². The van der Waals surface area contributed by atoms with Gasteiger partial charge < -0.3 is 5.11 Å². The minimum Gasteiger partial charge on any atom is -0.388 e. The zero-order chi connectivity index (χ0) is 11.4. The van der Waals surface area contributed by atoms with Gasteiger partial charge in [0.25, 0.3) is 0 Å². The first-order valence-electron chi connectivity index (χ1n) is 5.49. The van der Waals surface area contributed by atoms with Crippen molar-refractivity contribution < 1.29 is 5.11 Å². The fourth-order valence-electron chi connectivity index (χ4n) is 1.60. The number of rotatable bonds is 4. The Morgan fingerprint density at radius 1 is 1.40 bits per heavy atom. The molecule has 0 heterocycles. The van der Waals surface area contributed by atoms with E-state index >= 15 is 0 Å². The minimum atomic E-state index is -0.313. The molecule has 0 aliphatic carbocycles. The van der Waals surface area contributed by atoms with Crippen LogP contribution in [0.5, 0.6) is 0 Å². The molecule has 0 aliphatic rings. The highest BCUT2D eigenvalue weighted by atomic mass is 127. The van der Waals surface area contributed by atoms with Crippen molar-refractivity contribution in [1.29, 1.82) is 0 Å². The number of benzene rings is 1. The van der Waals surface area contributed by atoms with Crippen molar-refractivity contribution in [3.8, 4) is 0 Å². The molecule has 0 fully saturated rings. The predicted molar refractivity (Wildman–Crippen MR) is 72.9 cm³/mol. The van der Waals surface area contributed by atoms with Crippen LogP contribution < -0.4 is 0 Å². The van der Waals surface area contributed by atoms with Gasteiger partial charge in [-0.3, -0.25) is 0 Å². The maximum Gasteiger partial charge on any atom is 0.0802 e. The number of hydrogen-bond acceptors (Lipinski definition) is 1. The molecule has 84 valence electrons. The Bertz CT molecular complexity index is 322. The molecular formula is C13H19IO. The number of hydrogen-bond donors (Lipinski definition) is 1. The van der Waals surface area contributed by atoms with Crippen molar-refractivity contribution in [2.45, 2.75) is 39.7 Å². The van der Waals surface area contributed by atoms with Crippen LogP contribution in [0.1, 0.15) is 43.9 Å². The summed E-state index contributed by atoms with van der Waals surface area (Å²) < 4.78 is 1.20. The molecule has 1 nitrogen and oxygen atoms in total. The summed E-state index contributed by atoms with van der Waals surface area (Å²) in [6.45, 7) is 6.44. The highest BCUT2D eigenvalue weighted by Crippen LogP contribution is 2.28. The molecule has 1 N–H and O–H groups in total. The van der Waals surface area contributed by atoms with Gasteiger partial charge in [0.1, 0.15) is 0 Å². The first kappa shape index (κ1) is 13.0.